The second kappa shape index (κ2) is 7.10. The first-order valence-corrected chi connectivity index (χ1v) is 9.90. The molecule has 2 saturated heterocycles. The van der Waals surface area contributed by atoms with Crippen LogP contribution in [-0.2, 0) is 13.1 Å². The van der Waals surface area contributed by atoms with Crippen LogP contribution in [0.15, 0.2) is 30.5 Å². The van der Waals surface area contributed by atoms with Gasteiger partial charge in [-0.2, -0.15) is 0 Å². The molecule has 1 atom stereocenters. The van der Waals surface area contributed by atoms with Gasteiger partial charge in [0.15, 0.2) is 0 Å². The molecule has 4 rings (SSSR count). The summed E-state index contributed by atoms with van der Waals surface area (Å²) in [5, 5.41) is 12.3. The molecule has 4 heteroatoms. The molecule has 0 spiro atoms. The molecule has 4 nitrogen and oxygen atoms in total. The molecule has 0 saturated carbocycles. The third-order valence-electron chi connectivity index (χ3n) is 5.96. The lowest BCUT2D eigenvalue weighted by atomic mass is 10.0. The minimum Gasteiger partial charge on any atom is -0.387 e. The zero-order valence-electron chi connectivity index (χ0n) is 15.5. The van der Waals surface area contributed by atoms with Gasteiger partial charge in [-0.3, -0.25) is 4.90 Å². The fourth-order valence-electron chi connectivity index (χ4n) is 4.60. The van der Waals surface area contributed by atoms with Gasteiger partial charge in [-0.15, -0.1) is 0 Å². The molecule has 1 N–H and O–H groups in total. The van der Waals surface area contributed by atoms with Gasteiger partial charge in [0.1, 0.15) is 0 Å². The van der Waals surface area contributed by atoms with Crippen molar-refractivity contribution in [1.82, 2.24) is 14.4 Å². The second-order valence-electron chi connectivity index (χ2n) is 8.02. The van der Waals surface area contributed by atoms with E-state index in [1.807, 2.05) is 0 Å². The molecule has 1 aromatic carbocycles. The maximum Gasteiger partial charge on any atom is 0.0912 e. The molecule has 0 unspecified atom stereocenters. The van der Waals surface area contributed by atoms with Gasteiger partial charge in [-0.1, -0.05) is 18.6 Å². The summed E-state index contributed by atoms with van der Waals surface area (Å²) < 4.78 is 2.30. The summed E-state index contributed by atoms with van der Waals surface area (Å²) in [6.45, 7) is 9.10. The van der Waals surface area contributed by atoms with Crippen molar-refractivity contribution in [3.8, 4) is 0 Å². The average molecular weight is 341 g/mol. The number of hydrogen-bond acceptors (Lipinski definition) is 3. The van der Waals surface area contributed by atoms with Crippen LogP contribution >= 0.6 is 0 Å². The van der Waals surface area contributed by atoms with Crippen molar-refractivity contribution in [2.75, 3.05) is 32.7 Å². The maximum absolute atomic E-state index is 11.0. The van der Waals surface area contributed by atoms with Crippen molar-refractivity contribution >= 4 is 10.9 Å². The minimum atomic E-state index is -0.523. The van der Waals surface area contributed by atoms with Gasteiger partial charge in [0.05, 0.1) is 5.60 Å². The molecule has 0 bridgehead atoms. The Kier molecular flexibility index (Phi) is 4.85. The topological polar surface area (TPSA) is 31.6 Å². The first kappa shape index (κ1) is 17.1. The summed E-state index contributed by atoms with van der Waals surface area (Å²) in [5.41, 5.74) is 2.15. The van der Waals surface area contributed by atoms with Gasteiger partial charge in [0, 0.05) is 44.4 Å². The van der Waals surface area contributed by atoms with E-state index in [-0.39, 0.29) is 0 Å². The van der Waals surface area contributed by atoms with Gasteiger partial charge < -0.3 is 14.6 Å². The molecule has 2 aliphatic heterocycles. The Morgan fingerprint density at radius 1 is 1.04 bits per heavy atom. The summed E-state index contributed by atoms with van der Waals surface area (Å²) in [4.78, 5) is 4.89. The Morgan fingerprint density at radius 2 is 1.88 bits per heavy atom. The Morgan fingerprint density at radius 3 is 2.68 bits per heavy atom. The van der Waals surface area contributed by atoms with Crippen molar-refractivity contribution in [2.24, 2.45) is 0 Å². The molecule has 25 heavy (non-hydrogen) atoms. The highest BCUT2D eigenvalue weighted by Gasteiger charge is 2.37. The average Bonchev–Trinajstić information content (AvgIpc) is 3.19. The summed E-state index contributed by atoms with van der Waals surface area (Å²) >= 11 is 0. The molecule has 2 fully saturated rings. The van der Waals surface area contributed by atoms with Crippen LogP contribution in [0.4, 0.5) is 0 Å². The van der Waals surface area contributed by atoms with Crippen LogP contribution in [0, 0.1) is 0 Å². The molecule has 0 aliphatic carbocycles. The fraction of sp³-hybridized carbons (Fsp3) is 0.619. The molecule has 3 heterocycles. The van der Waals surface area contributed by atoms with E-state index in [0.717, 1.165) is 52.2 Å². The third-order valence-corrected chi connectivity index (χ3v) is 5.96. The lowest BCUT2D eigenvalue weighted by molar-refractivity contribution is 0.00635. The lowest BCUT2D eigenvalue weighted by Gasteiger charge is -2.33. The molecule has 136 valence electrons. The standard InChI is InChI=1S/C21H31N3O/c1-2-24-12-8-19-7-6-18(14-20(19)24)15-23-13-9-21(25,17-23)16-22-10-4-3-5-11-22/h6-8,12,14,25H,2-5,9-11,13,15-17H2,1H3/t21-/m0/s1. The molecule has 0 radical (unpaired) electrons. The number of benzene rings is 1. The molecular weight excluding hydrogens is 310 g/mol. The van der Waals surface area contributed by atoms with E-state index in [4.69, 9.17) is 0 Å². The van der Waals surface area contributed by atoms with Crippen LogP contribution in [0.2, 0.25) is 0 Å². The zero-order valence-corrected chi connectivity index (χ0v) is 15.5. The SMILES string of the molecule is CCn1ccc2ccc(CN3CC[C@](O)(CN4CCCCC4)C3)cc21. The fourth-order valence-corrected chi connectivity index (χ4v) is 4.60. The van der Waals surface area contributed by atoms with Gasteiger partial charge in [-0.25, -0.2) is 0 Å². The number of aliphatic hydroxyl groups is 1. The first-order chi connectivity index (χ1) is 12.1. The number of nitrogens with zero attached hydrogens (tertiary/aromatic N) is 3. The third kappa shape index (κ3) is 3.76. The van der Waals surface area contributed by atoms with Crippen LogP contribution < -0.4 is 0 Å². The number of rotatable bonds is 5. The van der Waals surface area contributed by atoms with Gasteiger partial charge in [0.25, 0.3) is 0 Å². The highest BCUT2D eigenvalue weighted by Crippen LogP contribution is 2.26. The van der Waals surface area contributed by atoms with E-state index in [1.165, 1.54) is 35.7 Å². The van der Waals surface area contributed by atoms with E-state index in [2.05, 4.69) is 51.8 Å². The first-order valence-electron chi connectivity index (χ1n) is 9.90. The monoisotopic (exact) mass is 341 g/mol. The quantitative estimate of drug-likeness (QED) is 0.907. The Hall–Kier alpha value is -1.36. The maximum atomic E-state index is 11.0. The van der Waals surface area contributed by atoms with Crippen LogP contribution in [0.5, 0.6) is 0 Å². The number of piperidine rings is 1. The lowest BCUT2D eigenvalue weighted by Crippen LogP contribution is -2.46. The van der Waals surface area contributed by atoms with Crippen LogP contribution in [0.3, 0.4) is 0 Å². The minimum absolute atomic E-state index is 0.523. The number of β-amino-alcohol motifs (C(OH)–C–C–N with tert-alkyl or cyclic N) is 1. The van der Waals surface area contributed by atoms with E-state index >= 15 is 0 Å². The van der Waals surface area contributed by atoms with Gasteiger partial charge in [0.2, 0.25) is 0 Å². The van der Waals surface area contributed by atoms with Crippen molar-refractivity contribution in [2.45, 2.75) is 51.3 Å². The highest BCUT2D eigenvalue weighted by atomic mass is 16.3. The van der Waals surface area contributed by atoms with Crippen molar-refractivity contribution in [3.63, 3.8) is 0 Å². The molecule has 0 amide bonds. The van der Waals surface area contributed by atoms with Crippen LogP contribution in [0.1, 0.15) is 38.2 Å². The summed E-state index contributed by atoms with van der Waals surface area (Å²) in [5.74, 6) is 0. The molecule has 1 aromatic heterocycles. The van der Waals surface area contributed by atoms with Crippen LogP contribution in [-0.4, -0.2) is 57.8 Å². The molecular formula is C21H31N3O. The van der Waals surface area contributed by atoms with Gasteiger partial charge >= 0.3 is 0 Å². The predicted octanol–water partition coefficient (Wildman–Crippen LogP) is 3.08. The molecule has 2 aliphatic rings. The smallest absolute Gasteiger partial charge is 0.0912 e. The summed E-state index contributed by atoms with van der Waals surface area (Å²) in [6.07, 6.45) is 7.00. The largest absolute Gasteiger partial charge is 0.387 e. The predicted molar refractivity (Wildman–Crippen MR) is 103 cm³/mol. The molecule has 2 aromatic rings. The number of aryl methyl sites for hydroxylation is 1. The summed E-state index contributed by atoms with van der Waals surface area (Å²) in [6, 6.07) is 8.98. The van der Waals surface area contributed by atoms with E-state index in [1.54, 1.807) is 0 Å². The van der Waals surface area contributed by atoms with Crippen molar-refractivity contribution in [3.05, 3.63) is 36.0 Å². The number of likely N-dealkylation sites (tertiary alicyclic amines) is 2. The number of hydrogen-bond donors (Lipinski definition) is 1. The van der Waals surface area contributed by atoms with E-state index in [9.17, 15) is 5.11 Å². The summed E-state index contributed by atoms with van der Waals surface area (Å²) in [7, 11) is 0. The Bertz CT molecular complexity index is 719. The van der Waals surface area contributed by atoms with Crippen molar-refractivity contribution < 1.29 is 5.11 Å². The van der Waals surface area contributed by atoms with Crippen LogP contribution in [0.25, 0.3) is 10.9 Å². The van der Waals surface area contributed by atoms with Gasteiger partial charge in [-0.05, 0) is 62.4 Å². The van der Waals surface area contributed by atoms with Crippen molar-refractivity contribution in [1.29, 1.82) is 0 Å². The zero-order chi connectivity index (χ0) is 17.3. The normalized spacial score (nSPS) is 25.8. The number of aromatic nitrogens is 1. The number of fused-ring (bicyclic) bond motifs is 1. The van der Waals surface area contributed by atoms with E-state index < -0.39 is 5.60 Å². The highest BCUT2D eigenvalue weighted by molar-refractivity contribution is 5.80. The Balaban J connectivity index is 1.40. The Labute approximate surface area is 151 Å². The van der Waals surface area contributed by atoms with E-state index in [0.29, 0.717) is 0 Å². The second-order valence-corrected chi connectivity index (χ2v) is 8.02.